The van der Waals surface area contributed by atoms with Crippen LogP contribution in [0, 0.1) is 5.92 Å². The van der Waals surface area contributed by atoms with E-state index in [1.807, 2.05) is 30.3 Å². The zero-order chi connectivity index (χ0) is 11.2. The monoisotopic (exact) mass is 237 g/mol. The smallest absolute Gasteiger partial charge is 0.212 e. The van der Waals surface area contributed by atoms with Gasteiger partial charge in [0.2, 0.25) is 10.0 Å². The lowest BCUT2D eigenvalue weighted by Crippen LogP contribution is -2.65. The molecule has 0 spiro atoms. The predicted octanol–water partition coefficient (Wildman–Crippen LogP) is 1.66. The van der Waals surface area contributed by atoms with Crippen LogP contribution >= 0.6 is 0 Å². The summed E-state index contributed by atoms with van der Waals surface area (Å²) >= 11 is 0. The van der Waals surface area contributed by atoms with E-state index >= 15 is 0 Å². The minimum atomic E-state index is -3.11. The van der Waals surface area contributed by atoms with Crippen molar-refractivity contribution in [3.05, 3.63) is 35.9 Å². The Morgan fingerprint density at radius 2 is 1.81 bits per heavy atom. The van der Waals surface area contributed by atoms with Crippen LogP contribution in [0.2, 0.25) is 0 Å². The fourth-order valence-electron chi connectivity index (χ4n) is 2.66. The standard InChI is InChI=1S/C12H15NO2S/c14-16(15,12-6-11(7-12)8-12)13-9-10-4-2-1-3-5-10/h1-5,11,13H,6-9H2. The van der Waals surface area contributed by atoms with Gasteiger partial charge in [-0.05, 0) is 30.7 Å². The number of sulfonamides is 1. The molecule has 2 bridgehead atoms. The molecule has 1 aromatic carbocycles. The second kappa shape index (κ2) is 3.31. The first-order chi connectivity index (χ1) is 7.61. The van der Waals surface area contributed by atoms with Crippen molar-refractivity contribution in [2.24, 2.45) is 5.92 Å². The van der Waals surface area contributed by atoms with Gasteiger partial charge in [0.1, 0.15) is 0 Å². The van der Waals surface area contributed by atoms with Crippen molar-refractivity contribution in [3.8, 4) is 0 Å². The summed E-state index contributed by atoms with van der Waals surface area (Å²) in [4.78, 5) is 0. The molecule has 0 radical (unpaired) electrons. The van der Waals surface area contributed by atoms with E-state index in [2.05, 4.69) is 4.72 Å². The van der Waals surface area contributed by atoms with Gasteiger partial charge in [-0.25, -0.2) is 13.1 Å². The van der Waals surface area contributed by atoms with Gasteiger partial charge in [0.25, 0.3) is 0 Å². The first-order valence-electron chi connectivity index (χ1n) is 5.64. The molecule has 0 aliphatic heterocycles. The van der Waals surface area contributed by atoms with E-state index in [1.165, 1.54) is 0 Å². The Labute approximate surface area is 95.9 Å². The number of nitrogens with one attached hydrogen (secondary N) is 1. The Morgan fingerprint density at radius 3 is 2.31 bits per heavy atom. The average molecular weight is 237 g/mol. The minimum absolute atomic E-state index is 0.396. The maximum Gasteiger partial charge on any atom is 0.217 e. The second-order valence-electron chi connectivity index (χ2n) is 4.97. The third-order valence-corrected chi connectivity index (χ3v) is 6.03. The van der Waals surface area contributed by atoms with E-state index in [0.717, 1.165) is 24.8 Å². The van der Waals surface area contributed by atoms with Crippen LogP contribution in [0.4, 0.5) is 0 Å². The highest BCUT2D eigenvalue weighted by molar-refractivity contribution is 7.91. The third-order valence-electron chi connectivity index (χ3n) is 3.86. The lowest BCUT2D eigenvalue weighted by molar-refractivity contribution is 0.0471. The molecule has 3 aliphatic rings. The van der Waals surface area contributed by atoms with Crippen LogP contribution in [0.5, 0.6) is 0 Å². The highest BCUT2D eigenvalue weighted by atomic mass is 32.2. The Morgan fingerprint density at radius 1 is 1.19 bits per heavy atom. The molecule has 0 unspecified atom stereocenters. The SMILES string of the molecule is O=S(=O)(NCc1ccccc1)C12CC(C1)C2. The van der Waals surface area contributed by atoms with Crippen molar-refractivity contribution in [1.29, 1.82) is 0 Å². The maximum atomic E-state index is 12.0. The topological polar surface area (TPSA) is 46.2 Å². The molecule has 86 valence electrons. The largest absolute Gasteiger partial charge is 0.217 e. The van der Waals surface area contributed by atoms with Crippen molar-refractivity contribution in [2.45, 2.75) is 30.6 Å². The number of benzene rings is 1. The van der Waals surface area contributed by atoms with Crippen molar-refractivity contribution in [2.75, 3.05) is 0 Å². The van der Waals surface area contributed by atoms with Crippen molar-refractivity contribution in [1.82, 2.24) is 4.72 Å². The Balaban J connectivity index is 1.67. The summed E-state index contributed by atoms with van der Waals surface area (Å²) in [5, 5.41) is 0. The molecule has 1 aromatic rings. The number of hydrogen-bond acceptors (Lipinski definition) is 2. The second-order valence-corrected chi connectivity index (χ2v) is 7.13. The summed E-state index contributed by atoms with van der Waals surface area (Å²) in [6.07, 6.45) is 2.62. The predicted molar refractivity (Wildman–Crippen MR) is 62.3 cm³/mol. The Bertz CT molecular complexity index is 478. The summed E-state index contributed by atoms with van der Waals surface area (Å²) in [6, 6.07) is 9.64. The molecular formula is C12H15NO2S. The molecule has 3 saturated carbocycles. The zero-order valence-corrected chi connectivity index (χ0v) is 9.83. The van der Waals surface area contributed by atoms with Gasteiger partial charge in [0.05, 0.1) is 4.75 Å². The van der Waals surface area contributed by atoms with Crippen LogP contribution in [-0.2, 0) is 16.6 Å². The maximum absolute atomic E-state index is 12.0. The van der Waals surface area contributed by atoms with Crippen molar-refractivity contribution >= 4 is 10.0 Å². The van der Waals surface area contributed by atoms with E-state index < -0.39 is 14.8 Å². The fourth-order valence-corrected chi connectivity index (χ4v) is 4.68. The van der Waals surface area contributed by atoms with Gasteiger partial charge in [-0.3, -0.25) is 0 Å². The molecule has 0 amide bonds. The van der Waals surface area contributed by atoms with Gasteiger partial charge in [0.15, 0.2) is 0 Å². The fraction of sp³-hybridized carbons (Fsp3) is 0.500. The minimum Gasteiger partial charge on any atom is -0.212 e. The Kier molecular flexibility index (Phi) is 2.13. The van der Waals surface area contributed by atoms with E-state index in [0.29, 0.717) is 12.5 Å². The van der Waals surface area contributed by atoms with Crippen molar-refractivity contribution < 1.29 is 8.42 Å². The van der Waals surface area contributed by atoms with Gasteiger partial charge in [-0.15, -0.1) is 0 Å². The van der Waals surface area contributed by atoms with E-state index in [4.69, 9.17) is 0 Å². The highest BCUT2D eigenvalue weighted by Crippen LogP contribution is 2.61. The van der Waals surface area contributed by atoms with Gasteiger partial charge in [-0.2, -0.15) is 0 Å². The lowest BCUT2D eigenvalue weighted by atomic mass is 9.55. The summed E-state index contributed by atoms with van der Waals surface area (Å²) in [6.45, 7) is 0.412. The van der Waals surface area contributed by atoms with Crippen LogP contribution in [0.15, 0.2) is 30.3 Å². The molecular weight excluding hydrogens is 222 g/mol. The first-order valence-corrected chi connectivity index (χ1v) is 7.13. The van der Waals surface area contributed by atoms with Gasteiger partial charge >= 0.3 is 0 Å². The van der Waals surface area contributed by atoms with Crippen LogP contribution in [0.25, 0.3) is 0 Å². The normalized spacial score (nSPS) is 31.6. The van der Waals surface area contributed by atoms with Gasteiger partial charge in [0, 0.05) is 6.54 Å². The molecule has 0 saturated heterocycles. The van der Waals surface area contributed by atoms with Gasteiger partial charge in [-0.1, -0.05) is 30.3 Å². The molecule has 16 heavy (non-hydrogen) atoms. The van der Waals surface area contributed by atoms with Gasteiger partial charge < -0.3 is 0 Å². The highest BCUT2D eigenvalue weighted by Gasteiger charge is 2.64. The summed E-state index contributed by atoms with van der Waals surface area (Å²) < 4.78 is 26.4. The average Bonchev–Trinajstić information content (AvgIpc) is 2.11. The molecule has 3 nitrogen and oxygen atoms in total. The lowest BCUT2D eigenvalue weighted by Gasteiger charge is -2.59. The molecule has 1 N–H and O–H groups in total. The van der Waals surface area contributed by atoms with E-state index in [1.54, 1.807) is 0 Å². The van der Waals surface area contributed by atoms with E-state index in [9.17, 15) is 8.42 Å². The van der Waals surface area contributed by atoms with Crippen LogP contribution < -0.4 is 4.72 Å². The summed E-state index contributed by atoms with van der Waals surface area (Å²) in [7, 11) is -3.11. The van der Waals surface area contributed by atoms with Crippen LogP contribution in [0.3, 0.4) is 0 Å². The zero-order valence-electron chi connectivity index (χ0n) is 9.02. The molecule has 0 aromatic heterocycles. The molecule has 4 rings (SSSR count). The summed E-state index contributed by atoms with van der Waals surface area (Å²) in [5.41, 5.74) is 1.01. The van der Waals surface area contributed by atoms with Crippen LogP contribution in [0.1, 0.15) is 24.8 Å². The third kappa shape index (κ3) is 1.40. The van der Waals surface area contributed by atoms with Crippen molar-refractivity contribution in [3.63, 3.8) is 0 Å². The molecule has 3 fully saturated rings. The molecule has 3 aliphatic carbocycles. The quantitative estimate of drug-likeness (QED) is 0.865. The molecule has 4 heteroatoms. The number of rotatable bonds is 4. The summed E-state index contributed by atoms with van der Waals surface area (Å²) in [5.74, 6) is 0.688. The van der Waals surface area contributed by atoms with Crippen LogP contribution in [-0.4, -0.2) is 13.2 Å². The number of hydrogen-bond donors (Lipinski definition) is 1. The van der Waals surface area contributed by atoms with E-state index in [-0.39, 0.29) is 0 Å². The molecule has 0 heterocycles. The Hall–Kier alpha value is -0.870. The first kappa shape index (κ1) is 10.3. The molecule has 0 atom stereocenters.